The number of rotatable bonds is 10. The summed E-state index contributed by atoms with van der Waals surface area (Å²) in [5.41, 5.74) is 4.49. The number of hydrogen-bond acceptors (Lipinski definition) is 5. The van der Waals surface area contributed by atoms with E-state index in [9.17, 15) is 9.59 Å². The third kappa shape index (κ3) is 6.31. The third-order valence-corrected chi connectivity index (χ3v) is 5.80. The Hall–Kier alpha value is -2.90. The molecule has 172 valence electrons. The first-order valence-corrected chi connectivity index (χ1v) is 11.2. The first-order valence-electron chi connectivity index (χ1n) is 11.2. The highest BCUT2D eigenvalue weighted by Crippen LogP contribution is 2.23. The summed E-state index contributed by atoms with van der Waals surface area (Å²) in [6, 6.07) is 16.4. The molecule has 7 nitrogen and oxygen atoms in total. The van der Waals surface area contributed by atoms with Crippen LogP contribution in [0.4, 0.5) is 5.69 Å². The van der Waals surface area contributed by atoms with Crippen molar-refractivity contribution in [1.29, 1.82) is 0 Å². The number of benzene rings is 2. The molecule has 0 saturated carbocycles. The largest absolute Gasteiger partial charge is 0.376 e. The quantitative estimate of drug-likeness (QED) is 0.598. The molecular formula is C25H35N5O2. The topological polar surface area (TPSA) is 67.9 Å². The van der Waals surface area contributed by atoms with Crippen LogP contribution in [0.1, 0.15) is 30.5 Å². The van der Waals surface area contributed by atoms with Crippen molar-refractivity contribution in [2.75, 3.05) is 38.5 Å². The molecule has 0 saturated heterocycles. The van der Waals surface area contributed by atoms with Gasteiger partial charge in [-0.15, -0.1) is 0 Å². The van der Waals surface area contributed by atoms with E-state index in [1.165, 1.54) is 11.1 Å². The fourth-order valence-electron chi connectivity index (χ4n) is 3.78. The standard InChI is InChI=1S/C25H35N5O2/c1-19(2)26-13-14-29(24(31)15-27-23-12-8-5-9-20(23)3)18-25(32)28(4)30-16-21-10-6-7-11-22(21)17-30/h5-12,19,26-27H,13-18H2,1-4H3. The number of aryl methyl sites for hydroxylation is 1. The molecule has 1 heterocycles. The Kier molecular flexibility index (Phi) is 8.25. The van der Waals surface area contributed by atoms with E-state index < -0.39 is 0 Å². The second kappa shape index (κ2) is 11.1. The molecule has 0 bridgehead atoms. The molecule has 0 fully saturated rings. The van der Waals surface area contributed by atoms with Crippen molar-refractivity contribution in [2.24, 2.45) is 0 Å². The Bertz CT molecular complexity index is 905. The zero-order valence-electron chi connectivity index (χ0n) is 19.6. The summed E-state index contributed by atoms with van der Waals surface area (Å²) in [7, 11) is 1.79. The molecule has 2 aromatic carbocycles. The number of hydrogen-bond donors (Lipinski definition) is 2. The van der Waals surface area contributed by atoms with Crippen LogP contribution in [0, 0.1) is 6.92 Å². The lowest BCUT2D eigenvalue weighted by atomic mass is 10.1. The summed E-state index contributed by atoms with van der Waals surface area (Å²) >= 11 is 0. The molecule has 0 atom stereocenters. The van der Waals surface area contributed by atoms with Crippen LogP contribution in [-0.2, 0) is 22.7 Å². The average Bonchev–Trinajstić information content (AvgIpc) is 3.21. The Morgan fingerprint density at radius 1 is 1.00 bits per heavy atom. The third-order valence-electron chi connectivity index (χ3n) is 5.80. The lowest BCUT2D eigenvalue weighted by Gasteiger charge is -2.31. The predicted octanol–water partition coefficient (Wildman–Crippen LogP) is 2.62. The lowest BCUT2D eigenvalue weighted by Crippen LogP contribution is -2.49. The van der Waals surface area contributed by atoms with Gasteiger partial charge in [0.25, 0.3) is 5.91 Å². The summed E-state index contributed by atoms with van der Waals surface area (Å²) < 4.78 is 0. The number of carbonyl (C=O) groups is 2. The van der Waals surface area contributed by atoms with E-state index >= 15 is 0 Å². The van der Waals surface area contributed by atoms with E-state index in [0.717, 1.165) is 11.3 Å². The normalized spacial score (nSPS) is 13.2. The van der Waals surface area contributed by atoms with Gasteiger partial charge in [0.05, 0.1) is 6.54 Å². The highest BCUT2D eigenvalue weighted by Gasteiger charge is 2.27. The molecule has 0 spiro atoms. The van der Waals surface area contributed by atoms with Crippen molar-refractivity contribution < 1.29 is 9.59 Å². The molecule has 2 aromatic rings. The highest BCUT2D eigenvalue weighted by molar-refractivity contribution is 5.86. The van der Waals surface area contributed by atoms with Gasteiger partial charge in [-0.1, -0.05) is 56.3 Å². The molecule has 0 aromatic heterocycles. The van der Waals surface area contributed by atoms with Crippen LogP contribution >= 0.6 is 0 Å². The fraction of sp³-hybridized carbons (Fsp3) is 0.440. The summed E-state index contributed by atoms with van der Waals surface area (Å²) in [5.74, 6) is -0.183. The number of nitrogens with zero attached hydrogens (tertiary/aromatic N) is 3. The number of likely N-dealkylation sites (N-methyl/N-ethyl adjacent to an activating group) is 1. The van der Waals surface area contributed by atoms with Crippen molar-refractivity contribution in [3.63, 3.8) is 0 Å². The SMILES string of the molecule is Cc1ccccc1NCC(=O)N(CCNC(C)C)CC(=O)N(C)N1Cc2ccccc2C1. The van der Waals surface area contributed by atoms with Crippen molar-refractivity contribution in [3.8, 4) is 0 Å². The van der Waals surface area contributed by atoms with Crippen molar-refractivity contribution in [2.45, 2.75) is 39.9 Å². The minimum atomic E-state index is -0.0923. The van der Waals surface area contributed by atoms with Gasteiger partial charge < -0.3 is 15.5 Å². The van der Waals surface area contributed by atoms with Crippen molar-refractivity contribution >= 4 is 17.5 Å². The first-order chi connectivity index (χ1) is 15.3. The fourth-order valence-corrected chi connectivity index (χ4v) is 3.78. The van der Waals surface area contributed by atoms with Gasteiger partial charge in [-0.3, -0.25) is 14.6 Å². The number of anilines is 1. The van der Waals surface area contributed by atoms with Crippen LogP contribution in [0.25, 0.3) is 0 Å². The predicted molar refractivity (Wildman–Crippen MR) is 128 cm³/mol. The number of fused-ring (bicyclic) bond motifs is 1. The Labute approximate surface area is 191 Å². The van der Waals surface area contributed by atoms with Crippen LogP contribution in [-0.4, -0.2) is 66.0 Å². The minimum absolute atomic E-state index is 0.0530. The van der Waals surface area contributed by atoms with Crippen molar-refractivity contribution in [1.82, 2.24) is 20.2 Å². The van der Waals surface area contributed by atoms with E-state index in [2.05, 4.69) is 36.6 Å². The second-order valence-electron chi connectivity index (χ2n) is 8.60. The van der Waals surface area contributed by atoms with Gasteiger partial charge in [-0.2, -0.15) is 0 Å². The van der Waals surface area contributed by atoms with Gasteiger partial charge >= 0.3 is 0 Å². The maximum atomic E-state index is 13.1. The molecular weight excluding hydrogens is 402 g/mol. The smallest absolute Gasteiger partial charge is 0.256 e. The zero-order valence-corrected chi connectivity index (χ0v) is 19.6. The lowest BCUT2D eigenvalue weighted by molar-refractivity contribution is -0.151. The maximum absolute atomic E-state index is 13.1. The number of carbonyl (C=O) groups excluding carboxylic acids is 2. The van der Waals surface area contributed by atoms with Gasteiger partial charge in [0.1, 0.15) is 6.54 Å². The Morgan fingerprint density at radius 3 is 2.25 bits per heavy atom. The number of para-hydroxylation sites is 1. The molecule has 2 N–H and O–H groups in total. The van der Waals surface area contributed by atoms with Gasteiger partial charge in [-0.05, 0) is 29.7 Å². The summed E-state index contributed by atoms with van der Waals surface area (Å²) in [4.78, 5) is 27.7. The van der Waals surface area contributed by atoms with Crippen LogP contribution in [0.15, 0.2) is 48.5 Å². The highest BCUT2D eigenvalue weighted by atomic mass is 16.2. The van der Waals surface area contributed by atoms with Crippen molar-refractivity contribution in [3.05, 3.63) is 65.2 Å². The summed E-state index contributed by atoms with van der Waals surface area (Å²) in [5, 5.41) is 10.2. The van der Waals surface area contributed by atoms with Gasteiger partial charge in [-0.25, -0.2) is 5.01 Å². The molecule has 0 radical (unpaired) electrons. The van der Waals surface area contributed by atoms with E-state index in [1.54, 1.807) is 17.0 Å². The van der Waals surface area contributed by atoms with Gasteiger partial charge in [0.2, 0.25) is 5.91 Å². The van der Waals surface area contributed by atoms with E-state index in [4.69, 9.17) is 0 Å². The summed E-state index contributed by atoms with van der Waals surface area (Å²) in [6.07, 6.45) is 0. The molecule has 0 unspecified atom stereocenters. The maximum Gasteiger partial charge on any atom is 0.256 e. The Morgan fingerprint density at radius 2 is 1.62 bits per heavy atom. The number of nitrogens with one attached hydrogen (secondary N) is 2. The van der Waals surface area contributed by atoms with Gasteiger partial charge in [0.15, 0.2) is 0 Å². The molecule has 0 aliphatic carbocycles. The van der Waals surface area contributed by atoms with Crippen LogP contribution in [0.3, 0.4) is 0 Å². The molecule has 3 rings (SSSR count). The second-order valence-corrected chi connectivity index (χ2v) is 8.60. The Balaban J connectivity index is 1.60. The molecule has 1 aliphatic rings. The van der Waals surface area contributed by atoms with E-state index in [1.807, 2.05) is 48.3 Å². The molecule has 32 heavy (non-hydrogen) atoms. The molecule has 2 amide bonds. The summed E-state index contributed by atoms with van der Waals surface area (Å²) in [6.45, 7) is 8.86. The van der Waals surface area contributed by atoms with Crippen LogP contribution in [0.5, 0.6) is 0 Å². The molecule has 7 heteroatoms. The zero-order chi connectivity index (χ0) is 23.1. The first kappa shape index (κ1) is 23.8. The van der Waals surface area contributed by atoms with Crippen LogP contribution < -0.4 is 10.6 Å². The number of amides is 2. The molecule has 1 aliphatic heterocycles. The van der Waals surface area contributed by atoms with E-state index in [-0.39, 0.29) is 24.9 Å². The number of hydrazine groups is 1. The minimum Gasteiger partial charge on any atom is -0.376 e. The van der Waals surface area contributed by atoms with Gasteiger partial charge in [0, 0.05) is 45.0 Å². The van der Waals surface area contributed by atoms with E-state index in [0.29, 0.717) is 32.2 Å². The monoisotopic (exact) mass is 437 g/mol. The van der Waals surface area contributed by atoms with Crippen LogP contribution in [0.2, 0.25) is 0 Å². The average molecular weight is 438 g/mol.